The first-order chi connectivity index (χ1) is 7.21. The Kier molecular flexibility index (Phi) is 3.75. The zero-order valence-electron chi connectivity index (χ0n) is 8.50. The van der Waals surface area contributed by atoms with Crippen LogP contribution in [0.1, 0.15) is 11.1 Å². The molecule has 90 valence electrons. The van der Waals surface area contributed by atoms with Gasteiger partial charge in [-0.25, -0.2) is 8.42 Å². The summed E-state index contributed by atoms with van der Waals surface area (Å²) in [5.74, 6) is -0.407. The van der Waals surface area contributed by atoms with E-state index in [1.165, 1.54) is 19.1 Å². The Morgan fingerprint density at radius 3 is 2.31 bits per heavy atom. The Labute approximate surface area is 96.4 Å². The molecule has 0 radical (unpaired) electrons. The highest BCUT2D eigenvalue weighted by Gasteiger charge is 2.21. The molecule has 0 atom stereocenters. The van der Waals surface area contributed by atoms with E-state index in [-0.39, 0.29) is 0 Å². The van der Waals surface area contributed by atoms with Crippen molar-refractivity contribution in [2.24, 2.45) is 0 Å². The van der Waals surface area contributed by atoms with Gasteiger partial charge in [0.25, 0.3) is 9.05 Å². The van der Waals surface area contributed by atoms with Gasteiger partial charge >= 0.3 is 6.61 Å². The van der Waals surface area contributed by atoms with Gasteiger partial charge in [-0.05, 0) is 31.0 Å². The van der Waals surface area contributed by atoms with Gasteiger partial charge < -0.3 is 4.74 Å². The number of hydrogen-bond acceptors (Lipinski definition) is 3. The quantitative estimate of drug-likeness (QED) is 0.793. The summed E-state index contributed by atoms with van der Waals surface area (Å²) in [6.07, 6.45) is 0. The van der Waals surface area contributed by atoms with Crippen molar-refractivity contribution >= 4 is 19.7 Å². The monoisotopic (exact) mass is 270 g/mol. The van der Waals surface area contributed by atoms with Crippen LogP contribution in [0.25, 0.3) is 0 Å². The number of benzene rings is 1. The van der Waals surface area contributed by atoms with Crippen LogP contribution in [0.5, 0.6) is 5.75 Å². The van der Waals surface area contributed by atoms with Crippen molar-refractivity contribution in [1.82, 2.24) is 0 Å². The first-order valence-electron chi connectivity index (χ1n) is 4.22. The van der Waals surface area contributed by atoms with Gasteiger partial charge in [-0.2, -0.15) is 8.78 Å². The Morgan fingerprint density at radius 2 is 1.88 bits per heavy atom. The van der Waals surface area contributed by atoms with Crippen molar-refractivity contribution in [3.63, 3.8) is 0 Å². The van der Waals surface area contributed by atoms with E-state index in [9.17, 15) is 17.2 Å². The van der Waals surface area contributed by atoms with Gasteiger partial charge in [0, 0.05) is 10.7 Å². The molecule has 1 rings (SSSR count). The minimum absolute atomic E-state index is 0.291. The molecule has 0 spiro atoms. The van der Waals surface area contributed by atoms with Crippen LogP contribution in [0.3, 0.4) is 0 Å². The van der Waals surface area contributed by atoms with Crippen LogP contribution in [-0.2, 0) is 9.05 Å². The molecule has 0 aliphatic heterocycles. The van der Waals surface area contributed by atoms with E-state index in [2.05, 4.69) is 4.74 Å². The summed E-state index contributed by atoms with van der Waals surface area (Å²) in [7, 11) is 1.03. The SMILES string of the molecule is Cc1cc(C)c(OC(F)F)c(S(=O)(=O)Cl)c1. The molecule has 1 aromatic carbocycles. The molecule has 0 unspecified atom stereocenters. The van der Waals surface area contributed by atoms with Crippen molar-refractivity contribution in [3.05, 3.63) is 23.3 Å². The molecule has 16 heavy (non-hydrogen) atoms. The van der Waals surface area contributed by atoms with Crippen LogP contribution in [0.15, 0.2) is 17.0 Å². The third-order valence-corrected chi connectivity index (χ3v) is 3.18. The molecule has 1 aromatic rings. The minimum Gasteiger partial charge on any atom is -0.433 e. The van der Waals surface area contributed by atoms with Gasteiger partial charge in [-0.1, -0.05) is 6.07 Å². The summed E-state index contributed by atoms with van der Waals surface area (Å²) < 4.78 is 50.7. The number of halogens is 3. The highest BCUT2D eigenvalue weighted by molar-refractivity contribution is 8.13. The van der Waals surface area contributed by atoms with E-state index >= 15 is 0 Å². The van der Waals surface area contributed by atoms with Gasteiger partial charge in [0.1, 0.15) is 10.6 Å². The van der Waals surface area contributed by atoms with Crippen molar-refractivity contribution < 1.29 is 21.9 Å². The highest BCUT2D eigenvalue weighted by atomic mass is 35.7. The minimum atomic E-state index is -4.11. The van der Waals surface area contributed by atoms with E-state index < -0.39 is 26.3 Å². The van der Waals surface area contributed by atoms with Crippen LogP contribution in [0.2, 0.25) is 0 Å². The summed E-state index contributed by atoms with van der Waals surface area (Å²) in [6, 6.07) is 2.72. The Morgan fingerprint density at radius 1 is 1.31 bits per heavy atom. The van der Waals surface area contributed by atoms with Gasteiger partial charge in [0.2, 0.25) is 0 Å². The second-order valence-electron chi connectivity index (χ2n) is 3.23. The van der Waals surface area contributed by atoms with E-state index in [0.29, 0.717) is 11.1 Å². The second-order valence-corrected chi connectivity index (χ2v) is 5.76. The van der Waals surface area contributed by atoms with Crippen LogP contribution >= 0.6 is 10.7 Å². The van der Waals surface area contributed by atoms with Crippen molar-refractivity contribution in [3.8, 4) is 5.75 Å². The molecule has 0 aliphatic carbocycles. The van der Waals surface area contributed by atoms with Crippen LogP contribution < -0.4 is 4.74 Å². The Hall–Kier alpha value is -0.880. The van der Waals surface area contributed by atoms with Crippen molar-refractivity contribution in [2.75, 3.05) is 0 Å². The first-order valence-corrected chi connectivity index (χ1v) is 6.53. The molecule has 0 amide bonds. The van der Waals surface area contributed by atoms with Gasteiger partial charge in [-0.15, -0.1) is 0 Å². The predicted molar refractivity (Wildman–Crippen MR) is 55.6 cm³/mol. The maximum absolute atomic E-state index is 12.1. The number of ether oxygens (including phenoxy) is 1. The van der Waals surface area contributed by atoms with Crippen LogP contribution in [-0.4, -0.2) is 15.0 Å². The van der Waals surface area contributed by atoms with E-state index in [4.69, 9.17) is 10.7 Å². The van der Waals surface area contributed by atoms with Gasteiger partial charge in [0.05, 0.1) is 0 Å². The summed E-state index contributed by atoms with van der Waals surface area (Å²) in [4.78, 5) is -0.438. The van der Waals surface area contributed by atoms with Crippen molar-refractivity contribution in [2.45, 2.75) is 25.4 Å². The molecule has 0 heterocycles. The molecular formula is C9H9ClF2O3S. The maximum atomic E-state index is 12.1. The fourth-order valence-corrected chi connectivity index (χ4v) is 2.44. The average molecular weight is 271 g/mol. The lowest BCUT2D eigenvalue weighted by Gasteiger charge is -2.12. The summed E-state index contributed by atoms with van der Waals surface area (Å²) in [6.45, 7) is -0.000324. The standard InChI is InChI=1S/C9H9ClF2O3S/c1-5-3-6(2)8(15-9(11)12)7(4-5)16(10,13)14/h3-4,9H,1-2H3. The zero-order valence-corrected chi connectivity index (χ0v) is 10.1. The van der Waals surface area contributed by atoms with E-state index in [0.717, 1.165) is 0 Å². The van der Waals surface area contributed by atoms with Gasteiger partial charge in [0.15, 0.2) is 0 Å². The lowest BCUT2D eigenvalue weighted by atomic mass is 10.1. The molecule has 0 saturated heterocycles. The summed E-state index contributed by atoms with van der Waals surface area (Å²) >= 11 is 0. The summed E-state index contributed by atoms with van der Waals surface area (Å²) in [5, 5.41) is 0. The number of rotatable bonds is 3. The third-order valence-electron chi connectivity index (χ3n) is 1.85. The maximum Gasteiger partial charge on any atom is 0.387 e. The summed E-state index contributed by atoms with van der Waals surface area (Å²) in [5.41, 5.74) is 0.887. The first kappa shape index (κ1) is 13.2. The fraction of sp³-hybridized carbons (Fsp3) is 0.333. The highest BCUT2D eigenvalue weighted by Crippen LogP contribution is 2.32. The third kappa shape index (κ3) is 3.05. The molecule has 0 N–H and O–H groups in total. The predicted octanol–water partition coefficient (Wildman–Crippen LogP) is 2.83. The van der Waals surface area contributed by atoms with E-state index in [1.807, 2.05) is 0 Å². The fourth-order valence-electron chi connectivity index (χ4n) is 1.34. The number of alkyl halides is 2. The largest absolute Gasteiger partial charge is 0.433 e. The lowest BCUT2D eigenvalue weighted by Crippen LogP contribution is -2.07. The molecule has 3 nitrogen and oxygen atoms in total. The molecule has 0 fully saturated rings. The van der Waals surface area contributed by atoms with Crippen LogP contribution in [0, 0.1) is 13.8 Å². The van der Waals surface area contributed by atoms with Crippen molar-refractivity contribution in [1.29, 1.82) is 0 Å². The number of aryl methyl sites for hydroxylation is 2. The second kappa shape index (κ2) is 4.55. The average Bonchev–Trinajstić information content (AvgIpc) is 2.06. The molecule has 0 aromatic heterocycles. The Balaban J connectivity index is 3.45. The normalized spacial score (nSPS) is 11.9. The Bertz CT molecular complexity index is 500. The molecule has 0 aliphatic rings. The lowest BCUT2D eigenvalue weighted by molar-refractivity contribution is -0.0522. The smallest absolute Gasteiger partial charge is 0.387 e. The molecule has 0 bridgehead atoms. The molecular weight excluding hydrogens is 262 g/mol. The van der Waals surface area contributed by atoms with Crippen LogP contribution in [0.4, 0.5) is 8.78 Å². The molecule has 7 heteroatoms. The topological polar surface area (TPSA) is 43.4 Å². The molecule has 0 saturated carbocycles. The van der Waals surface area contributed by atoms with Gasteiger partial charge in [-0.3, -0.25) is 0 Å². The zero-order chi connectivity index (χ0) is 12.5. The number of hydrogen-bond donors (Lipinski definition) is 0. The van der Waals surface area contributed by atoms with E-state index in [1.54, 1.807) is 6.92 Å².